The van der Waals surface area contributed by atoms with Gasteiger partial charge in [-0.15, -0.1) is 0 Å². The zero-order valence-corrected chi connectivity index (χ0v) is 11.2. The summed E-state index contributed by atoms with van der Waals surface area (Å²) in [5.41, 5.74) is 1.02. The molecule has 1 atom stereocenters. The van der Waals surface area contributed by atoms with E-state index in [0.717, 1.165) is 12.2 Å². The summed E-state index contributed by atoms with van der Waals surface area (Å²) in [5, 5.41) is 10.3. The SMILES string of the molecule is Cc1n[nH]nc1C(=O)N1CC[C@@H](Oc2ccccc2)C1. The molecule has 1 fully saturated rings. The second-order valence-corrected chi connectivity index (χ2v) is 4.85. The fourth-order valence-corrected chi connectivity index (χ4v) is 2.34. The van der Waals surface area contributed by atoms with Crippen molar-refractivity contribution in [3.63, 3.8) is 0 Å². The maximum Gasteiger partial charge on any atom is 0.276 e. The molecule has 2 aromatic rings. The molecule has 0 unspecified atom stereocenters. The van der Waals surface area contributed by atoms with Crippen LogP contribution in [0.4, 0.5) is 0 Å². The lowest BCUT2D eigenvalue weighted by Crippen LogP contribution is -2.31. The molecule has 1 aliphatic heterocycles. The van der Waals surface area contributed by atoms with E-state index in [4.69, 9.17) is 4.74 Å². The summed E-state index contributed by atoms with van der Waals surface area (Å²) in [6.45, 7) is 3.04. The third kappa shape index (κ3) is 2.49. The van der Waals surface area contributed by atoms with Crippen LogP contribution in [0.25, 0.3) is 0 Å². The van der Waals surface area contributed by atoms with Crippen LogP contribution < -0.4 is 4.74 Å². The molecule has 1 amide bonds. The van der Waals surface area contributed by atoms with Crippen molar-refractivity contribution >= 4 is 5.91 Å². The van der Waals surface area contributed by atoms with Crippen molar-refractivity contribution in [3.05, 3.63) is 41.7 Å². The Morgan fingerprint density at radius 1 is 1.35 bits per heavy atom. The molecule has 6 heteroatoms. The first-order chi connectivity index (χ1) is 9.74. The molecular weight excluding hydrogens is 256 g/mol. The molecule has 2 heterocycles. The summed E-state index contributed by atoms with van der Waals surface area (Å²) in [6, 6.07) is 9.67. The number of benzene rings is 1. The van der Waals surface area contributed by atoms with Crippen LogP contribution in [-0.2, 0) is 0 Å². The first-order valence-electron chi connectivity index (χ1n) is 6.62. The summed E-state index contributed by atoms with van der Waals surface area (Å²) in [4.78, 5) is 14.0. The average Bonchev–Trinajstić information content (AvgIpc) is 3.08. The maximum absolute atomic E-state index is 12.3. The summed E-state index contributed by atoms with van der Waals surface area (Å²) in [5.74, 6) is 0.750. The first-order valence-corrected chi connectivity index (χ1v) is 6.62. The topological polar surface area (TPSA) is 71.1 Å². The van der Waals surface area contributed by atoms with Crippen molar-refractivity contribution in [2.75, 3.05) is 13.1 Å². The van der Waals surface area contributed by atoms with E-state index in [2.05, 4.69) is 15.4 Å². The van der Waals surface area contributed by atoms with Gasteiger partial charge in [0.15, 0.2) is 5.69 Å². The average molecular weight is 272 g/mol. The Morgan fingerprint density at radius 2 is 2.15 bits per heavy atom. The molecule has 1 N–H and O–H groups in total. The first kappa shape index (κ1) is 12.7. The van der Waals surface area contributed by atoms with E-state index in [1.54, 1.807) is 11.8 Å². The van der Waals surface area contributed by atoms with Gasteiger partial charge in [-0.2, -0.15) is 15.4 Å². The molecule has 104 valence electrons. The minimum atomic E-state index is -0.0876. The van der Waals surface area contributed by atoms with Crippen molar-refractivity contribution in [2.45, 2.75) is 19.4 Å². The normalized spacial score (nSPS) is 18.2. The van der Waals surface area contributed by atoms with E-state index in [9.17, 15) is 4.79 Å². The van der Waals surface area contributed by atoms with Crippen LogP contribution in [0.1, 0.15) is 22.6 Å². The zero-order valence-electron chi connectivity index (χ0n) is 11.2. The molecule has 3 rings (SSSR count). The number of aryl methyl sites for hydroxylation is 1. The number of carbonyl (C=O) groups is 1. The molecule has 20 heavy (non-hydrogen) atoms. The lowest BCUT2D eigenvalue weighted by molar-refractivity contribution is 0.0766. The van der Waals surface area contributed by atoms with Gasteiger partial charge in [0.2, 0.25) is 0 Å². The monoisotopic (exact) mass is 272 g/mol. The second kappa shape index (κ2) is 5.32. The van der Waals surface area contributed by atoms with Crippen molar-refractivity contribution in [1.82, 2.24) is 20.3 Å². The Bertz CT molecular complexity index is 596. The van der Waals surface area contributed by atoms with E-state index in [1.807, 2.05) is 30.3 Å². The predicted octanol–water partition coefficient (Wildman–Crippen LogP) is 1.41. The highest BCUT2D eigenvalue weighted by molar-refractivity contribution is 5.93. The molecule has 0 radical (unpaired) electrons. The van der Waals surface area contributed by atoms with Crippen LogP contribution in [-0.4, -0.2) is 45.4 Å². The Hall–Kier alpha value is -2.37. The number of amides is 1. The van der Waals surface area contributed by atoms with Crippen LogP contribution in [0.2, 0.25) is 0 Å². The maximum atomic E-state index is 12.3. The molecule has 6 nitrogen and oxygen atoms in total. The smallest absolute Gasteiger partial charge is 0.276 e. The number of ether oxygens (including phenoxy) is 1. The number of likely N-dealkylation sites (tertiary alicyclic amines) is 1. The molecular formula is C14H16N4O2. The highest BCUT2D eigenvalue weighted by Gasteiger charge is 2.30. The lowest BCUT2D eigenvalue weighted by Gasteiger charge is -2.16. The highest BCUT2D eigenvalue weighted by atomic mass is 16.5. The van der Waals surface area contributed by atoms with Crippen LogP contribution in [0.5, 0.6) is 5.75 Å². The number of hydrogen-bond acceptors (Lipinski definition) is 4. The molecule has 0 spiro atoms. The fraction of sp³-hybridized carbons (Fsp3) is 0.357. The van der Waals surface area contributed by atoms with E-state index in [0.29, 0.717) is 24.5 Å². The highest BCUT2D eigenvalue weighted by Crippen LogP contribution is 2.19. The molecule has 0 aliphatic carbocycles. The Balaban J connectivity index is 1.62. The number of aromatic amines is 1. The van der Waals surface area contributed by atoms with E-state index < -0.39 is 0 Å². The van der Waals surface area contributed by atoms with Crippen LogP contribution in [0.15, 0.2) is 30.3 Å². The van der Waals surface area contributed by atoms with Gasteiger partial charge in [-0.05, 0) is 19.1 Å². The number of nitrogens with one attached hydrogen (secondary N) is 1. The molecule has 1 aromatic carbocycles. The summed E-state index contributed by atoms with van der Waals surface area (Å²) >= 11 is 0. The predicted molar refractivity (Wildman–Crippen MR) is 72.5 cm³/mol. The number of carbonyl (C=O) groups excluding carboxylic acids is 1. The second-order valence-electron chi connectivity index (χ2n) is 4.85. The third-order valence-corrected chi connectivity index (χ3v) is 3.40. The minimum Gasteiger partial charge on any atom is -0.489 e. The largest absolute Gasteiger partial charge is 0.489 e. The lowest BCUT2D eigenvalue weighted by atomic mass is 10.3. The van der Waals surface area contributed by atoms with Crippen LogP contribution in [0.3, 0.4) is 0 Å². The number of para-hydroxylation sites is 1. The van der Waals surface area contributed by atoms with Crippen LogP contribution in [0, 0.1) is 6.92 Å². The molecule has 1 aromatic heterocycles. The molecule has 0 saturated carbocycles. The van der Waals surface area contributed by atoms with Gasteiger partial charge in [0.1, 0.15) is 11.9 Å². The van der Waals surface area contributed by atoms with Crippen molar-refractivity contribution in [2.24, 2.45) is 0 Å². The fourth-order valence-electron chi connectivity index (χ4n) is 2.34. The standard InChI is InChI=1S/C14H16N4O2/c1-10-13(16-17-15-10)14(19)18-8-7-12(9-18)20-11-5-3-2-4-6-11/h2-6,12H,7-9H2,1H3,(H,15,16,17)/t12-/m1/s1. The van der Waals surface area contributed by atoms with Gasteiger partial charge in [-0.25, -0.2) is 0 Å². The van der Waals surface area contributed by atoms with Gasteiger partial charge in [0, 0.05) is 13.0 Å². The van der Waals surface area contributed by atoms with Gasteiger partial charge >= 0.3 is 0 Å². The van der Waals surface area contributed by atoms with E-state index in [-0.39, 0.29) is 12.0 Å². The van der Waals surface area contributed by atoms with Crippen LogP contribution >= 0.6 is 0 Å². The van der Waals surface area contributed by atoms with Gasteiger partial charge in [0.25, 0.3) is 5.91 Å². The number of hydrogen-bond donors (Lipinski definition) is 1. The quantitative estimate of drug-likeness (QED) is 0.917. The number of rotatable bonds is 3. The number of nitrogens with zero attached hydrogens (tertiary/aromatic N) is 3. The Kier molecular flexibility index (Phi) is 3.37. The van der Waals surface area contributed by atoms with Crippen molar-refractivity contribution in [1.29, 1.82) is 0 Å². The molecule has 0 bridgehead atoms. The van der Waals surface area contributed by atoms with E-state index in [1.165, 1.54) is 0 Å². The Morgan fingerprint density at radius 3 is 2.85 bits per heavy atom. The minimum absolute atomic E-state index is 0.0357. The Labute approximate surface area is 116 Å². The zero-order chi connectivity index (χ0) is 13.9. The van der Waals surface area contributed by atoms with Gasteiger partial charge in [0.05, 0.1) is 12.2 Å². The summed E-state index contributed by atoms with van der Waals surface area (Å²) < 4.78 is 5.87. The summed E-state index contributed by atoms with van der Waals surface area (Å²) in [7, 11) is 0. The van der Waals surface area contributed by atoms with E-state index >= 15 is 0 Å². The third-order valence-electron chi connectivity index (χ3n) is 3.40. The summed E-state index contributed by atoms with van der Waals surface area (Å²) in [6.07, 6.45) is 0.867. The van der Waals surface area contributed by atoms with Crippen molar-refractivity contribution in [3.8, 4) is 5.75 Å². The van der Waals surface area contributed by atoms with Crippen molar-refractivity contribution < 1.29 is 9.53 Å². The number of aromatic nitrogens is 3. The molecule has 1 aliphatic rings. The molecule has 1 saturated heterocycles. The number of H-pyrrole nitrogens is 1. The van der Waals surface area contributed by atoms with Gasteiger partial charge in [-0.1, -0.05) is 18.2 Å². The van der Waals surface area contributed by atoms with Gasteiger partial charge < -0.3 is 9.64 Å². The van der Waals surface area contributed by atoms with Gasteiger partial charge in [-0.3, -0.25) is 4.79 Å².